The number of hydrogen-bond acceptors (Lipinski definition) is 3. The van der Waals surface area contributed by atoms with Gasteiger partial charge in [-0.25, -0.2) is 13.6 Å². The Morgan fingerprint density at radius 2 is 2.11 bits per heavy atom. The molecule has 1 rings (SSSR count). The summed E-state index contributed by atoms with van der Waals surface area (Å²) >= 11 is 5.09. The molecule has 0 spiro atoms. The SMILES string of the molecule is CC(C)CNC(=S)Nc1cccc(S(N)(=O)=O)c1. The van der Waals surface area contributed by atoms with E-state index in [1.54, 1.807) is 12.1 Å². The van der Waals surface area contributed by atoms with Crippen LogP contribution in [0.3, 0.4) is 0 Å². The molecular weight excluding hydrogens is 270 g/mol. The van der Waals surface area contributed by atoms with Crippen LogP contribution in [0.1, 0.15) is 13.8 Å². The van der Waals surface area contributed by atoms with Gasteiger partial charge in [-0.15, -0.1) is 0 Å². The van der Waals surface area contributed by atoms with Crippen molar-refractivity contribution in [2.24, 2.45) is 11.1 Å². The fraction of sp³-hybridized carbons (Fsp3) is 0.364. The minimum Gasteiger partial charge on any atom is -0.362 e. The van der Waals surface area contributed by atoms with E-state index < -0.39 is 10.0 Å². The molecule has 4 N–H and O–H groups in total. The maximum absolute atomic E-state index is 11.2. The summed E-state index contributed by atoms with van der Waals surface area (Å²) in [6.45, 7) is 4.88. The topological polar surface area (TPSA) is 84.2 Å². The Labute approximate surface area is 113 Å². The molecule has 0 fully saturated rings. The molecule has 0 saturated carbocycles. The van der Waals surface area contributed by atoms with Crippen molar-refractivity contribution in [3.8, 4) is 0 Å². The monoisotopic (exact) mass is 287 g/mol. The Hall–Kier alpha value is -1.18. The normalized spacial score (nSPS) is 11.3. The fourth-order valence-electron chi connectivity index (χ4n) is 1.22. The van der Waals surface area contributed by atoms with Crippen molar-refractivity contribution in [1.29, 1.82) is 0 Å². The summed E-state index contributed by atoms with van der Waals surface area (Å²) in [5, 5.41) is 11.4. The Balaban J connectivity index is 2.71. The van der Waals surface area contributed by atoms with Gasteiger partial charge < -0.3 is 10.6 Å². The van der Waals surface area contributed by atoms with Gasteiger partial charge in [-0.1, -0.05) is 19.9 Å². The van der Waals surface area contributed by atoms with Crippen LogP contribution in [-0.2, 0) is 10.0 Å². The number of nitrogens with one attached hydrogen (secondary N) is 2. The predicted octanol–water partition coefficient (Wildman–Crippen LogP) is 1.28. The zero-order valence-electron chi connectivity index (χ0n) is 10.3. The van der Waals surface area contributed by atoms with Crippen LogP contribution in [0.2, 0.25) is 0 Å². The number of rotatable bonds is 4. The third-order valence-electron chi connectivity index (χ3n) is 2.09. The Morgan fingerprint density at radius 1 is 1.44 bits per heavy atom. The standard InChI is InChI=1S/C11H17N3O2S2/c1-8(2)7-13-11(17)14-9-4-3-5-10(6-9)18(12,15)16/h3-6,8H,7H2,1-2H3,(H2,12,15,16)(H2,13,14,17). The first-order valence-corrected chi connectivity index (χ1v) is 7.42. The quantitative estimate of drug-likeness (QED) is 0.726. The summed E-state index contributed by atoms with van der Waals surface area (Å²) in [6, 6.07) is 6.20. The first-order valence-electron chi connectivity index (χ1n) is 5.47. The van der Waals surface area contributed by atoms with Crippen molar-refractivity contribution < 1.29 is 8.42 Å². The molecule has 0 saturated heterocycles. The molecule has 7 heteroatoms. The smallest absolute Gasteiger partial charge is 0.238 e. The highest BCUT2D eigenvalue weighted by Crippen LogP contribution is 2.13. The molecule has 0 atom stereocenters. The molecular formula is C11H17N3O2S2. The highest BCUT2D eigenvalue weighted by Gasteiger charge is 2.08. The summed E-state index contributed by atoms with van der Waals surface area (Å²) < 4.78 is 22.4. The average molecular weight is 287 g/mol. The number of sulfonamides is 1. The molecule has 0 aliphatic heterocycles. The van der Waals surface area contributed by atoms with Gasteiger partial charge >= 0.3 is 0 Å². The fourth-order valence-corrected chi connectivity index (χ4v) is 1.98. The van der Waals surface area contributed by atoms with Crippen LogP contribution in [0.4, 0.5) is 5.69 Å². The minimum atomic E-state index is -3.69. The number of primary sulfonamides is 1. The largest absolute Gasteiger partial charge is 0.362 e. The molecule has 0 amide bonds. The van der Waals surface area contributed by atoms with E-state index in [9.17, 15) is 8.42 Å². The number of nitrogens with two attached hydrogens (primary N) is 1. The first kappa shape index (κ1) is 14.9. The molecule has 1 aromatic rings. The van der Waals surface area contributed by atoms with Gasteiger partial charge in [0.25, 0.3) is 0 Å². The maximum Gasteiger partial charge on any atom is 0.238 e. The summed E-state index contributed by atoms with van der Waals surface area (Å²) in [5.41, 5.74) is 0.586. The van der Waals surface area contributed by atoms with Crippen molar-refractivity contribution in [3.63, 3.8) is 0 Å². The molecule has 0 aromatic heterocycles. The highest BCUT2D eigenvalue weighted by molar-refractivity contribution is 7.89. The van der Waals surface area contributed by atoms with E-state index in [0.29, 0.717) is 16.7 Å². The number of benzene rings is 1. The minimum absolute atomic E-state index is 0.0548. The second-order valence-electron chi connectivity index (χ2n) is 4.30. The van der Waals surface area contributed by atoms with Gasteiger partial charge in [-0.3, -0.25) is 0 Å². The second kappa shape index (κ2) is 6.12. The Bertz CT molecular complexity index is 527. The lowest BCUT2D eigenvalue weighted by Crippen LogP contribution is -2.31. The molecule has 0 aliphatic rings. The average Bonchev–Trinajstić information content (AvgIpc) is 2.25. The Kier molecular flexibility index (Phi) is 5.06. The van der Waals surface area contributed by atoms with E-state index >= 15 is 0 Å². The van der Waals surface area contributed by atoms with E-state index in [1.807, 2.05) is 0 Å². The Morgan fingerprint density at radius 3 is 2.67 bits per heavy atom. The van der Waals surface area contributed by atoms with Crippen LogP contribution in [0.5, 0.6) is 0 Å². The van der Waals surface area contributed by atoms with Crippen molar-refractivity contribution in [3.05, 3.63) is 24.3 Å². The lowest BCUT2D eigenvalue weighted by Gasteiger charge is -2.12. The third-order valence-corrected chi connectivity index (χ3v) is 3.25. The second-order valence-corrected chi connectivity index (χ2v) is 6.27. The van der Waals surface area contributed by atoms with Gasteiger partial charge in [-0.05, 0) is 36.3 Å². The molecule has 100 valence electrons. The molecule has 0 radical (unpaired) electrons. The van der Waals surface area contributed by atoms with Crippen molar-refractivity contribution in [1.82, 2.24) is 5.32 Å². The van der Waals surface area contributed by atoms with Gasteiger partial charge in [0.15, 0.2) is 5.11 Å². The van der Waals surface area contributed by atoms with Gasteiger partial charge in [-0.2, -0.15) is 0 Å². The zero-order valence-corrected chi connectivity index (χ0v) is 11.9. The van der Waals surface area contributed by atoms with Crippen LogP contribution < -0.4 is 15.8 Å². The van der Waals surface area contributed by atoms with Gasteiger partial charge in [0, 0.05) is 12.2 Å². The van der Waals surface area contributed by atoms with Gasteiger partial charge in [0.1, 0.15) is 0 Å². The van der Waals surface area contributed by atoms with Crippen molar-refractivity contribution >= 4 is 33.0 Å². The van der Waals surface area contributed by atoms with Crippen LogP contribution in [0, 0.1) is 5.92 Å². The van der Waals surface area contributed by atoms with E-state index in [1.165, 1.54) is 12.1 Å². The van der Waals surface area contributed by atoms with Crippen LogP contribution >= 0.6 is 12.2 Å². The van der Waals surface area contributed by atoms with E-state index in [4.69, 9.17) is 17.4 Å². The molecule has 18 heavy (non-hydrogen) atoms. The van der Waals surface area contributed by atoms with Crippen LogP contribution in [0.25, 0.3) is 0 Å². The highest BCUT2D eigenvalue weighted by atomic mass is 32.2. The lowest BCUT2D eigenvalue weighted by atomic mass is 10.2. The summed E-state index contributed by atoms with van der Waals surface area (Å²) in [6.07, 6.45) is 0. The molecule has 0 heterocycles. The molecule has 0 aliphatic carbocycles. The lowest BCUT2D eigenvalue weighted by molar-refractivity contribution is 0.598. The summed E-state index contributed by atoms with van der Waals surface area (Å²) in [5.74, 6) is 0.473. The molecule has 0 unspecified atom stereocenters. The van der Waals surface area contributed by atoms with Gasteiger partial charge in [0.05, 0.1) is 4.90 Å². The van der Waals surface area contributed by atoms with Crippen molar-refractivity contribution in [2.75, 3.05) is 11.9 Å². The van der Waals surface area contributed by atoms with E-state index in [0.717, 1.165) is 6.54 Å². The third kappa shape index (κ3) is 4.99. The zero-order chi connectivity index (χ0) is 13.8. The molecule has 0 bridgehead atoms. The van der Waals surface area contributed by atoms with Gasteiger partial charge in [0.2, 0.25) is 10.0 Å². The summed E-state index contributed by atoms with van der Waals surface area (Å²) in [7, 11) is -3.69. The van der Waals surface area contributed by atoms with Crippen molar-refractivity contribution in [2.45, 2.75) is 18.7 Å². The number of anilines is 1. The van der Waals surface area contributed by atoms with E-state index in [2.05, 4.69) is 24.5 Å². The molecule has 5 nitrogen and oxygen atoms in total. The number of thiocarbonyl (C=S) groups is 1. The first-order chi connectivity index (χ1) is 8.29. The summed E-state index contributed by atoms with van der Waals surface area (Å²) in [4.78, 5) is 0.0548. The van der Waals surface area contributed by atoms with E-state index in [-0.39, 0.29) is 4.90 Å². The van der Waals surface area contributed by atoms with Crippen LogP contribution in [-0.4, -0.2) is 20.1 Å². The maximum atomic E-state index is 11.2. The predicted molar refractivity (Wildman–Crippen MR) is 76.9 cm³/mol. The van der Waals surface area contributed by atoms with Crippen LogP contribution in [0.15, 0.2) is 29.2 Å². The molecule has 1 aromatic carbocycles. The number of hydrogen-bond donors (Lipinski definition) is 3.